The molecule has 0 atom stereocenters. The second-order valence-corrected chi connectivity index (χ2v) is 4.98. The van der Waals surface area contributed by atoms with Gasteiger partial charge in [0.05, 0.1) is 0 Å². The Kier molecular flexibility index (Phi) is 3.06. The first-order valence-corrected chi connectivity index (χ1v) is 6.45. The van der Waals surface area contributed by atoms with Gasteiger partial charge in [-0.2, -0.15) is 5.10 Å². The number of carbonyl (C=O) groups excluding carboxylic acids is 1. The van der Waals surface area contributed by atoms with Crippen LogP contribution >= 0.6 is 0 Å². The first kappa shape index (κ1) is 12.5. The quantitative estimate of drug-likeness (QED) is 0.852. The maximum Gasteiger partial charge on any atom is 0.271 e. The third kappa shape index (κ3) is 2.45. The Balaban J connectivity index is 1.67. The molecule has 1 aliphatic carbocycles. The highest BCUT2D eigenvalue weighted by Crippen LogP contribution is 2.46. The first-order valence-electron chi connectivity index (χ1n) is 6.45. The summed E-state index contributed by atoms with van der Waals surface area (Å²) in [5.74, 6) is -0.288. The second kappa shape index (κ2) is 4.88. The van der Waals surface area contributed by atoms with E-state index in [-0.39, 0.29) is 22.6 Å². The molecule has 2 heterocycles. The van der Waals surface area contributed by atoms with Gasteiger partial charge in [-0.05, 0) is 31.0 Å². The summed E-state index contributed by atoms with van der Waals surface area (Å²) in [6.07, 6.45) is 3.80. The lowest BCUT2D eigenvalue weighted by Crippen LogP contribution is -2.33. The van der Waals surface area contributed by atoms with Crippen molar-refractivity contribution in [2.45, 2.75) is 18.3 Å². The molecule has 0 bridgehead atoms. The molecule has 6 nitrogen and oxygen atoms in total. The molecule has 3 rings (SSSR count). The fourth-order valence-electron chi connectivity index (χ4n) is 2.16. The van der Waals surface area contributed by atoms with Crippen LogP contribution in [0, 0.1) is 0 Å². The molecule has 2 N–H and O–H groups in total. The summed E-state index contributed by atoms with van der Waals surface area (Å²) in [5.41, 5.74) is 0.851. The molecule has 0 saturated heterocycles. The van der Waals surface area contributed by atoms with Gasteiger partial charge < -0.3 is 5.32 Å². The van der Waals surface area contributed by atoms with Gasteiger partial charge in [-0.1, -0.05) is 6.07 Å². The van der Waals surface area contributed by atoms with Gasteiger partial charge in [-0.25, -0.2) is 5.10 Å². The largest absolute Gasteiger partial charge is 0.350 e. The monoisotopic (exact) mass is 270 g/mol. The van der Waals surface area contributed by atoms with Crippen LogP contribution in [0.2, 0.25) is 0 Å². The van der Waals surface area contributed by atoms with Crippen molar-refractivity contribution in [3.05, 3.63) is 58.3 Å². The van der Waals surface area contributed by atoms with E-state index in [9.17, 15) is 9.59 Å². The first-order chi connectivity index (χ1) is 9.70. The highest BCUT2D eigenvalue weighted by atomic mass is 16.2. The van der Waals surface area contributed by atoms with Gasteiger partial charge in [-0.15, -0.1) is 0 Å². The maximum atomic E-state index is 11.9. The third-order valence-corrected chi connectivity index (χ3v) is 3.56. The van der Waals surface area contributed by atoms with E-state index in [4.69, 9.17) is 0 Å². The van der Waals surface area contributed by atoms with E-state index >= 15 is 0 Å². The van der Waals surface area contributed by atoms with Gasteiger partial charge in [0, 0.05) is 29.9 Å². The minimum Gasteiger partial charge on any atom is -0.350 e. The molecule has 1 fully saturated rings. The van der Waals surface area contributed by atoms with E-state index in [1.165, 1.54) is 12.1 Å². The average molecular weight is 270 g/mol. The predicted octanol–water partition coefficient (Wildman–Crippen LogP) is 0.626. The van der Waals surface area contributed by atoms with E-state index < -0.39 is 0 Å². The summed E-state index contributed by atoms with van der Waals surface area (Å²) < 4.78 is 0. The normalized spacial score (nSPS) is 15.6. The molecule has 0 unspecified atom stereocenters. The molecule has 0 spiro atoms. The van der Waals surface area contributed by atoms with Gasteiger partial charge in [0.2, 0.25) is 0 Å². The van der Waals surface area contributed by atoms with Crippen molar-refractivity contribution >= 4 is 5.91 Å². The van der Waals surface area contributed by atoms with E-state index in [1.54, 1.807) is 6.20 Å². The molecule has 0 radical (unpaired) electrons. The number of aromatic amines is 1. The number of hydrogen-bond donors (Lipinski definition) is 2. The van der Waals surface area contributed by atoms with Crippen molar-refractivity contribution in [2.75, 3.05) is 6.54 Å². The molecule has 0 aliphatic heterocycles. The van der Waals surface area contributed by atoms with Crippen molar-refractivity contribution in [1.82, 2.24) is 20.5 Å². The number of carbonyl (C=O) groups is 1. The average Bonchev–Trinajstić information content (AvgIpc) is 3.28. The summed E-state index contributed by atoms with van der Waals surface area (Å²) in [6.45, 7) is 0.531. The van der Waals surface area contributed by atoms with E-state index in [0.717, 1.165) is 18.5 Å². The SMILES string of the molecule is O=C(NCC1(c2ccccn2)CC1)c1ccc(=O)[nH]n1. The van der Waals surface area contributed by atoms with Crippen molar-refractivity contribution in [3.8, 4) is 0 Å². The summed E-state index contributed by atoms with van der Waals surface area (Å²) in [4.78, 5) is 27.2. The minimum atomic E-state index is -0.325. The topological polar surface area (TPSA) is 87.7 Å². The molecule has 1 saturated carbocycles. The summed E-state index contributed by atoms with van der Waals surface area (Å²) in [6, 6.07) is 8.51. The summed E-state index contributed by atoms with van der Waals surface area (Å²) in [7, 11) is 0. The molecule has 102 valence electrons. The molecule has 6 heteroatoms. The van der Waals surface area contributed by atoms with Gasteiger partial charge in [0.15, 0.2) is 0 Å². The molecule has 0 aromatic carbocycles. The summed E-state index contributed by atoms with van der Waals surface area (Å²) in [5, 5.41) is 8.81. The van der Waals surface area contributed by atoms with Crippen LogP contribution in [-0.2, 0) is 5.41 Å². The van der Waals surface area contributed by atoms with Gasteiger partial charge >= 0.3 is 0 Å². The Labute approximate surface area is 115 Å². The lowest BCUT2D eigenvalue weighted by atomic mass is 10.0. The van der Waals surface area contributed by atoms with E-state index in [1.807, 2.05) is 18.2 Å². The van der Waals surface area contributed by atoms with Crippen molar-refractivity contribution in [3.63, 3.8) is 0 Å². The van der Waals surface area contributed by atoms with Crippen LogP contribution in [0.15, 0.2) is 41.3 Å². The van der Waals surface area contributed by atoms with Crippen molar-refractivity contribution in [1.29, 1.82) is 0 Å². The number of hydrogen-bond acceptors (Lipinski definition) is 4. The van der Waals surface area contributed by atoms with Crippen molar-refractivity contribution < 1.29 is 4.79 Å². The number of amides is 1. The lowest BCUT2D eigenvalue weighted by molar-refractivity contribution is 0.0943. The molecule has 1 amide bonds. The Hall–Kier alpha value is -2.50. The number of H-pyrrole nitrogens is 1. The van der Waals surface area contributed by atoms with Crippen LogP contribution in [0.25, 0.3) is 0 Å². The minimum absolute atomic E-state index is 0.0426. The number of rotatable bonds is 4. The van der Waals surface area contributed by atoms with Crippen LogP contribution in [0.3, 0.4) is 0 Å². The fourth-order valence-corrected chi connectivity index (χ4v) is 2.16. The van der Waals surface area contributed by atoms with Crippen molar-refractivity contribution in [2.24, 2.45) is 0 Å². The zero-order chi connectivity index (χ0) is 14.0. The zero-order valence-electron chi connectivity index (χ0n) is 10.8. The molecule has 2 aromatic heterocycles. The number of pyridine rings is 1. The van der Waals surface area contributed by atoms with Crippen LogP contribution in [0.1, 0.15) is 29.0 Å². The zero-order valence-corrected chi connectivity index (χ0v) is 10.8. The standard InChI is InChI=1S/C14H14N4O2/c19-12-5-4-10(17-18-12)13(20)16-9-14(6-7-14)11-3-1-2-8-15-11/h1-5,8H,6-7,9H2,(H,16,20)(H,18,19). The molecule has 1 aliphatic rings. The van der Waals surface area contributed by atoms with E-state index in [2.05, 4.69) is 20.5 Å². The maximum absolute atomic E-state index is 11.9. The Morgan fingerprint density at radius 1 is 1.30 bits per heavy atom. The van der Waals surface area contributed by atoms with E-state index in [0.29, 0.717) is 6.54 Å². The fraction of sp³-hybridized carbons (Fsp3) is 0.286. The van der Waals surface area contributed by atoms with Crippen LogP contribution in [-0.4, -0.2) is 27.6 Å². The Bertz CT molecular complexity index is 657. The Morgan fingerprint density at radius 2 is 2.15 bits per heavy atom. The van der Waals surface area contributed by atoms with Crippen LogP contribution in [0.5, 0.6) is 0 Å². The Morgan fingerprint density at radius 3 is 2.75 bits per heavy atom. The van der Waals surface area contributed by atoms with Gasteiger partial charge in [-0.3, -0.25) is 14.6 Å². The van der Waals surface area contributed by atoms with Crippen LogP contribution < -0.4 is 10.9 Å². The van der Waals surface area contributed by atoms with Gasteiger partial charge in [0.25, 0.3) is 11.5 Å². The lowest BCUT2D eigenvalue weighted by Gasteiger charge is -2.15. The smallest absolute Gasteiger partial charge is 0.271 e. The number of nitrogens with one attached hydrogen (secondary N) is 2. The van der Waals surface area contributed by atoms with Gasteiger partial charge in [0.1, 0.15) is 5.69 Å². The molecular weight excluding hydrogens is 256 g/mol. The highest BCUT2D eigenvalue weighted by molar-refractivity contribution is 5.92. The highest BCUT2D eigenvalue weighted by Gasteiger charge is 2.45. The van der Waals surface area contributed by atoms with Crippen LogP contribution in [0.4, 0.5) is 0 Å². The number of nitrogens with zero attached hydrogens (tertiary/aromatic N) is 2. The predicted molar refractivity (Wildman–Crippen MR) is 72.3 cm³/mol. The molecular formula is C14H14N4O2. The molecule has 20 heavy (non-hydrogen) atoms. The third-order valence-electron chi connectivity index (χ3n) is 3.56. The second-order valence-electron chi connectivity index (χ2n) is 4.98. The summed E-state index contributed by atoms with van der Waals surface area (Å²) >= 11 is 0. The number of aromatic nitrogens is 3. The molecule has 2 aromatic rings.